The van der Waals surface area contributed by atoms with Gasteiger partial charge in [0.1, 0.15) is 0 Å². The Labute approximate surface area is 78.5 Å². The van der Waals surface area contributed by atoms with Crippen LogP contribution in [0.5, 0.6) is 0 Å². The van der Waals surface area contributed by atoms with Crippen LogP contribution in [0.1, 0.15) is 27.2 Å². The largest absolute Gasteiger partial charge is 0.328 e. The van der Waals surface area contributed by atoms with E-state index < -0.39 is 13.3 Å². The minimum absolute atomic E-state index is 0. The lowest BCUT2D eigenvalue weighted by Crippen LogP contribution is -2.14. The van der Waals surface area contributed by atoms with E-state index in [1.807, 2.05) is 13.8 Å². The van der Waals surface area contributed by atoms with Crippen molar-refractivity contribution < 1.29 is 14.4 Å². The molecule has 0 aliphatic carbocycles. The van der Waals surface area contributed by atoms with Crippen LogP contribution in [0.25, 0.3) is 0 Å². The molecule has 68 valence electrons. The summed E-state index contributed by atoms with van der Waals surface area (Å²) in [6.07, 6.45) is 0.544. The molecule has 0 aromatic rings. The molecule has 0 heterocycles. The zero-order chi connectivity index (χ0) is 8.36. The molecule has 0 rings (SSSR count). The summed E-state index contributed by atoms with van der Waals surface area (Å²) in [5.41, 5.74) is -0.465. The Balaban J connectivity index is 0. The van der Waals surface area contributed by atoms with Crippen molar-refractivity contribution >= 4 is 25.0 Å². The topological polar surface area (TPSA) is 57.5 Å². The van der Waals surface area contributed by atoms with Gasteiger partial charge in [-0.25, -0.2) is 0 Å². The van der Waals surface area contributed by atoms with Crippen molar-refractivity contribution in [1.29, 1.82) is 0 Å². The van der Waals surface area contributed by atoms with E-state index in [4.69, 9.17) is 9.79 Å². The minimum Gasteiger partial charge on any atom is -0.324 e. The van der Waals surface area contributed by atoms with E-state index in [1.54, 1.807) is 6.92 Å². The molecular weight excluding hydrogens is 178 g/mol. The second-order valence-corrected chi connectivity index (χ2v) is 4.65. The summed E-state index contributed by atoms with van der Waals surface area (Å²) in [7, 11) is -3.83. The molecule has 0 amide bonds. The molecule has 2 N–H and O–H groups in total. The molecule has 11 heavy (non-hydrogen) atoms. The van der Waals surface area contributed by atoms with E-state index in [0.29, 0.717) is 6.42 Å². The van der Waals surface area contributed by atoms with Crippen LogP contribution in [0, 0.1) is 5.92 Å². The van der Waals surface area contributed by atoms with E-state index in [2.05, 4.69) is 0 Å². The molecule has 1 unspecified atom stereocenters. The fourth-order valence-corrected chi connectivity index (χ4v) is 2.35. The quantitative estimate of drug-likeness (QED) is 0.508. The predicted molar refractivity (Wildman–Crippen MR) is 50.9 cm³/mol. The number of hydrogen-bond acceptors (Lipinski definition) is 1. The van der Waals surface area contributed by atoms with Crippen LogP contribution in [0.2, 0.25) is 0 Å². The maximum absolute atomic E-state index is 10.7. The fourth-order valence-electron chi connectivity index (χ4n) is 1.10. The van der Waals surface area contributed by atoms with Gasteiger partial charge in [0, 0.05) is 0 Å². The van der Waals surface area contributed by atoms with Gasteiger partial charge in [-0.15, -0.1) is 0 Å². The van der Waals surface area contributed by atoms with Gasteiger partial charge in [-0.3, -0.25) is 4.57 Å². The van der Waals surface area contributed by atoms with E-state index in [9.17, 15) is 4.57 Å². The lowest BCUT2D eigenvalue weighted by atomic mass is 10.1. The first-order valence-corrected chi connectivity index (χ1v) is 5.13. The molecule has 0 radical (unpaired) electrons. The second kappa shape index (κ2) is 5.35. The summed E-state index contributed by atoms with van der Waals surface area (Å²) in [5.74, 6) is 0.0610. The molecule has 0 aromatic heterocycles. The maximum Gasteiger partial charge on any atom is 0.328 e. The maximum atomic E-state index is 10.7. The van der Waals surface area contributed by atoms with Crippen LogP contribution >= 0.6 is 7.60 Å². The molecule has 0 saturated heterocycles. The van der Waals surface area contributed by atoms with Gasteiger partial charge in [0.15, 0.2) is 17.4 Å². The third-order valence-electron chi connectivity index (χ3n) is 1.62. The number of rotatable bonds is 3. The van der Waals surface area contributed by atoms with E-state index in [-0.39, 0.29) is 23.3 Å². The first-order chi connectivity index (χ1) is 4.39. The molecule has 0 bridgehead atoms. The normalized spacial score (nSPS) is 14.4. The van der Waals surface area contributed by atoms with Gasteiger partial charge in [0.05, 0.1) is 5.66 Å². The summed E-state index contributed by atoms with van der Waals surface area (Å²) >= 11 is 0. The van der Waals surface area contributed by atoms with Gasteiger partial charge in [-0.2, -0.15) is 0 Å². The summed E-state index contributed by atoms with van der Waals surface area (Å²) in [6, 6.07) is 0. The van der Waals surface area contributed by atoms with Crippen LogP contribution in [-0.2, 0) is 4.57 Å². The van der Waals surface area contributed by atoms with Crippen molar-refractivity contribution in [2.45, 2.75) is 32.9 Å². The first-order valence-electron chi connectivity index (χ1n) is 3.44. The predicted octanol–water partition coefficient (Wildman–Crippen LogP) is 0.415. The molecule has 5 heteroatoms. The highest BCUT2D eigenvalue weighted by Crippen LogP contribution is 2.46. The first kappa shape index (κ1) is 14.2. The average molecular weight is 196 g/mol. The van der Waals surface area contributed by atoms with Gasteiger partial charge in [-0.1, -0.05) is 20.8 Å². The molecule has 0 aliphatic rings. The molecule has 3 nitrogen and oxygen atoms in total. The summed E-state index contributed by atoms with van der Waals surface area (Å²) < 4.78 is 10.7. The fraction of sp³-hybridized carbons (Fsp3) is 1.00. The molecule has 0 fully saturated rings. The van der Waals surface area contributed by atoms with Crippen molar-refractivity contribution in [1.82, 2.24) is 0 Å². The molecular formula is C6H18AlO3P. The van der Waals surface area contributed by atoms with Crippen LogP contribution < -0.4 is 0 Å². The highest BCUT2D eigenvalue weighted by Gasteiger charge is 2.29. The van der Waals surface area contributed by atoms with Crippen molar-refractivity contribution in [3.63, 3.8) is 0 Å². The molecule has 0 saturated carbocycles. The van der Waals surface area contributed by atoms with Crippen molar-refractivity contribution in [2.24, 2.45) is 5.92 Å². The number of hydrogen-bond donors (Lipinski definition) is 2. The molecule has 1 atom stereocenters. The average Bonchev–Trinajstić information content (AvgIpc) is 1.60. The molecule has 0 aromatic carbocycles. The Morgan fingerprint density at radius 2 is 1.73 bits per heavy atom. The summed E-state index contributed by atoms with van der Waals surface area (Å²) in [4.78, 5) is 17.5. The lowest BCUT2D eigenvalue weighted by molar-refractivity contribution is 0.339. The smallest absolute Gasteiger partial charge is 0.324 e. The van der Waals surface area contributed by atoms with Gasteiger partial charge in [0.2, 0.25) is 0 Å². The Morgan fingerprint density at radius 1 is 1.36 bits per heavy atom. The Hall–Kier alpha value is 0.682. The van der Waals surface area contributed by atoms with Gasteiger partial charge < -0.3 is 9.79 Å². The van der Waals surface area contributed by atoms with Crippen molar-refractivity contribution in [3.05, 3.63) is 0 Å². The van der Waals surface area contributed by atoms with E-state index in [0.717, 1.165) is 0 Å². The van der Waals surface area contributed by atoms with E-state index in [1.165, 1.54) is 0 Å². The lowest BCUT2D eigenvalue weighted by Gasteiger charge is -2.19. The van der Waals surface area contributed by atoms with Gasteiger partial charge >= 0.3 is 7.60 Å². The van der Waals surface area contributed by atoms with E-state index >= 15 is 0 Å². The van der Waals surface area contributed by atoms with Crippen LogP contribution in [0.4, 0.5) is 0 Å². The van der Waals surface area contributed by atoms with Crippen LogP contribution in [0.3, 0.4) is 0 Å². The summed E-state index contributed by atoms with van der Waals surface area (Å²) in [6.45, 7) is 5.45. The molecule has 0 aliphatic heterocycles. The molecule has 0 spiro atoms. The Kier molecular flexibility index (Phi) is 6.92. The van der Waals surface area contributed by atoms with Crippen molar-refractivity contribution in [2.75, 3.05) is 0 Å². The standard InChI is InChI=1S/C6H15O3P.Al.3H/c1-4-6(5(2)3)10(7,8)9;;;;/h5-6H,4H2,1-3H3,(H2,7,8,9);;;;. The highest BCUT2D eigenvalue weighted by atomic mass is 31.2. The second-order valence-electron chi connectivity index (χ2n) is 2.81. The van der Waals surface area contributed by atoms with Crippen molar-refractivity contribution in [3.8, 4) is 0 Å². The SMILES string of the molecule is CCC(C(C)C)P(=O)(O)O.[AlH3]. The summed E-state index contributed by atoms with van der Waals surface area (Å²) in [5, 5.41) is 0. The third kappa shape index (κ3) is 5.01. The zero-order valence-corrected chi connectivity index (χ0v) is 7.51. The highest BCUT2D eigenvalue weighted by molar-refractivity contribution is 7.52. The van der Waals surface area contributed by atoms with Crippen LogP contribution in [-0.4, -0.2) is 32.8 Å². The minimum atomic E-state index is -3.83. The Morgan fingerprint density at radius 3 is 1.73 bits per heavy atom. The Bertz CT molecular complexity index is 143. The zero-order valence-electron chi connectivity index (χ0n) is 6.61. The van der Waals surface area contributed by atoms with Crippen LogP contribution in [0.15, 0.2) is 0 Å². The monoisotopic (exact) mass is 196 g/mol. The van der Waals surface area contributed by atoms with Gasteiger partial charge in [0.25, 0.3) is 0 Å². The third-order valence-corrected chi connectivity index (χ3v) is 3.45. The van der Waals surface area contributed by atoms with Gasteiger partial charge in [-0.05, 0) is 12.3 Å².